The Morgan fingerprint density at radius 3 is 1.92 bits per heavy atom. The molecule has 1 aromatic heterocycles. The van der Waals surface area contributed by atoms with Crippen LogP contribution in [0.15, 0.2) is 42.7 Å². The van der Waals surface area contributed by atoms with Crippen LogP contribution in [0.1, 0.15) is 49.9 Å². The zero-order valence-corrected chi connectivity index (χ0v) is 20.7. The summed E-state index contributed by atoms with van der Waals surface area (Å²) in [5, 5.41) is 21.3. The minimum Gasteiger partial charge on any atom is -0.444 e. The van der Waals surface area contributed by atoms with Crippen LogP contribution in [0.25, 0.3) is 0 Å². The number of nitrogens with zero attached hydrogens (tertiary/aromatic N) is 3. The van der Waals surface area contributed by atoms with Gasteiger partial charge in [-0.2, -0.15) is 31.6 Å². The molecule has 0 bridgehead atoms. The maximum Gasteiger partial charge on any atom is 0.435 e. The largest absolute Gasteiger partial charge is 0.444 e. The zero-order valence-electron chi connectivity index (χ0n) is 20.7. The highest BCUT2D eigenvalue weighted by Crippen LogP contribution is 2.55. The molecule has 1 fully saturated rings. The van der Waals surface area contributed by atoms with Crippen LogP contribution in [0.4, 0.5) is 35.5 Å². The number of rotatable bonds is 4. The maximum absolute atomic E-state index is 14.6. The molecular formula is C25H24F7N3O3. The van der Waals surface area contributed by atoms with E-state index in [0.717, 1.165) is 12.1 Å². The third-order valence-corrected chi connectivity index (χ3v) is 6.37. The predicted octanol–water partition coefficient (Wildman–Crippen LogP) is 5.74. The lowest BCUT2D eigenvalue weighted by molar-refractivity contribution is -0.348. The van der Waals surface area contributed by atoms with E-state index in [0.29, 0.717) is 12.1 Å². The molecule has 2 aromatic rings. The Labute approximate surface area is 213 Å². The van der Waals surface area contributed by atoms with Gasteiger partial charge in [0.05, 0.1) is 5.56 Å². The number of carbonyl (C=O) groups is 1. The second-order valence-corrected chi connectivity index (χ2v) is 10.4. The third-order valence-electron chi connectivity index (χ3n) is 6.37. The van der Waals surface area contributed by atoms with Gasteiger partial charge >= 0.3 is 24.1 Å². The molecule has 0 aliphatic carbocycles. The summed E-state index contributed by atoms with van der Waals surface area (Å²) in [6.07, 6.45) is -10.9. The Kier molecular flexibility index (Phi) is 6.99. The van der Waals surface area contributed by atoms with Crippen LogP contribution in [0.3, 0.4) is 0 Å². The number of nitriles is 1. The summed E-state index contributed by atoms with van der Waals surface area (Å²) in [7, 11) is 0. The number of alkyl halides is 7. The molecule has 0 spiro atoms. The van der Waals surface area contributed by atoms with Crippen molar-refractivity contribution in [3.8, 4) is 6.07 Å². The molecule has 1 unspecified atom stereocenters. The van der Waals surface area contributed by atoms with Crippen molar-refractivity contribution in [3.05, 3.63) is 65.0 Å². The molecule has 206 valence electrons. The number of halogens is 7. The molecular weight excluding hydrogens is 523 g/mol. The third kappa shape index (κ3) is 4.77. The van der Waals surface area contributed by atoms with Crippen molar-refractivity contribution >= 4 is 6.09 Å². The van der Waals surface area contributed by atoms with E-state index in [-0.39, 0.29) is 29.8 Å². The van der Waals surface area contributed by atoms with E-state index >= 15 is 0 Å². The van der Waals surface area contributed by atoms with E-state index in [1.807, 2.05) is 6.07 Å². The molecule has 0 saturated carbocycles. The summed E-state index contributed by atoms with van der Waals surface area (Å²) < 4.78 is 99.2. The number of aliphatic hydroxyl groups is 1. The van der Waals surface area contributed by atoms with Gasteiger partial charge in [-0.1, -0.05) is 31.2 Å². The fraction of sp³-hybridized carbons (Fsp3) is 0.480. The molecule has 1 N–H and O–H groups in total. The van der Waals surface area contributed by atoms with Crippen LogP contribution < -0.4 is 0 Å². The van der Waals surface area contributed by atoms with Crippen molar-refractivity contribution in [1.82, 2.24) is 9.88 Å². The van der Waals surface area contributed by atoms with Gasteiger partial charge in [0.15, 0.2) is 0 Å². The first-order chi connectivity index (χ1) is 17.2. The van der Waals surface area contributed by atoms with Gasteiger partial charge in [-0.25, -0.2) is 9.18 Å². The van der Waals surface area contributed by atoms with Gasteiger partial charge < -0.3 is 14.7 Å². The zero-order chi connectivity index (χ0) is 28.9. The number of benzene rings is 1. The second kappa shape index (κ2) is 9.11. The molecule has 1 aromatic carbocycles. The monoisotopic (exact) mass is 547 g/mol. The van der Waals surface area contributed by atoms with E-state index < -0.39 is 46.3 Å². The smallest absolute Gasteiger partial charge is 0.435 e. The Morgan fingerprint density at radius 2 is 1.47 bits per heavy atom. The lowest BCUT2D eigenvalue weighted by Gasteiger charge is -2.56. The number of hydrogen-bond donors (Lipinski definition) is 1. The number of ether oxygens (including phenoxy) is 1. The number of carbonyl (C=O) groups excluding carboxylic acids is 1. The molecule has 6 nitrogen and oxygen atoms in total. The van der Waals surface area contributed by atoms with E-state index in [9.17, 15) is 45.9 Å². The average molecular weight is 547 g/mol. The van der Waals surface area contributed by atoms with Crippen LogP contribution in [0, 0.1) is 16.7 Å². The lowest BCUT2D eigenvalue weighted by atomic mass is 9.62. The van der Waals surface area contributed by atoms with Crippen molar-refractivity contribution in [3.63, 3.8) is 0 Å². The predicted molar refractivity (Wildman–Crippen MR) is 119 cm³/mol. The normalized spacial score (nSPS) is 17.7. The minimum atomic E-state index is -6.30. The first-order valence-electron chi connectivity index (χ1n) is 11.2. The van der Waals surface area contributed by atoms with Gasteiger partial charge in [0.1, 0.15) is 17.3 Å². The molecule has 1 aliphatic heterocycles. The standard InChI is InChI=1S/C25H24F7N3O3/c1-20(2,3)38-19(36)35-13-21(4,14-35)22(37,18-9-15(10-33)11-34-12-18)16-5-7-17(8-6-16)23(26,24(27,28)29)25(30,31)32/h5-9,11-12,37H,13-14H2,1-4H3. The summed E-state index contributed by atoms with van der Waals surface area (Å²) >= 11 is 0. The molecule has 0 radical (unpaired) electrons. The number of hydrogen-bond acceptors (Lipinski definition) is 5. The Bertz CT molecular complexity index is 1230. The molecule has 1 saturated heterocycles. The topological polar surface area (TPSA) is 86.4 Å². The maximum atomic E-state index is 14.6. The summed E-state index contributed by atoms with van der Waals surface area (Å²) in [6, 6.07) is 5.20. The summed E-state index contributed by atoms with van der Waals surface area (Å²) in [5.41, 5.74) is -11.8. The van der Waals surface area contributed by atoms with Gasteiger partial charge in [0.25, 0.3) is 0 Å². The second-order valence-electron chi connectivity index (χ2n) is 10.4. The van der Waals surface area contributed by atoms with Gasteiger partial charge in [0, 0.05) is 42.0 Å². The highest BCUT2D eigenvalue weighted by molar-refractivity contribution is 5.70. The van der Waals surface area contributed by atoms with E-state index in [4.69, 9.17) is 4.74 Å². The number of likely N-dealkylation sites (tertiary alicyclic amines) is 1. The highest BCUT2D eigenvalue weighted by atomic mass is 19.4. The van der Waals surface area contributed by atoms with Crippen molar-refractivity contribution < 1.29 is 45.4 Å². The van der Waals surface area contributed by atoms with Gasteiger partial charge in [-0.3, -0.25) is 4.98 Å². The molecule has 1 aliphatic rings. The van der Waals surface area contributed by atoms with Crippen LogP contribution in [0.2, 0.25) is 0 Å². The number of pyridine rings is 1. The summed E-state index contributed by atoms with van der Waals surface area (Å²) in [5.74, 6) is 0. The lowest BCUT2D eigenvalue weighted by Crippen LogP contribution is -2.66. The molecule has 13 heteroatoms. The molecule has 3 rings (SSSR count). The van der Waals surface area contributed by atoms with Crippen molar-refractivity contribution in [2.24, 2.45) is 5.41 Å². The van der Waals surface area contributed by atoms with Gasteiger partial charge in [-0.05, 0) is 32.4 Å². The van der Waals surface area contributed by atoms with Crippen molar-refractivity contribution in [1.29, 1.82) is 5.26 Å². The Hall–Kier alpha value is -3.40. The SMILES string of the molecule is CC(C)(C)OC(=O)N1CC(C)(C(O)(c2ccc(C(F)(C(F)(F)F)C(F)(F)F)cc2)c2cncc(C#N)c2)C1. The molecule has 1 atom stereocenters. The Balaban J connectivity index is 2.11. The van der Waals surface area contributed by atoms with Gasteiger partial charge in [-0.15, -0.1) is 0 Å². The van der Waals surface area contributed by atoms with Crippen molar-refractivity contribution in [2.45, 2.75) is 56.9 Å². The minimum absolute atomic E-state index is 0.00575. The fourth-order valence-corrected chi connectivity index (χ4v) is 4.47. The van der Waals surface area contributed by atoms with Gasteiger partial charge in [0.2, 0.25) is 0 Å². The highest BCUT2D eigenvalue weighted by Gasteiger charge is 2.73. The molecule has 1 amide bonds. The number of amides is 1. The molecule has 38 heavy (non-hydrogen) atoms. The fourth-order valence-electron chi connectivity index (χ4n) is 4.47. The van der Waals surface area contributed by atoms with Crippen LogP contribution in [0.5, 0.6) is 0 Å². The quantitative estimate of drug-likeness (QED) is 0.494. The van der Waals surface area contributed by atoms with E-state index in [1.54, 1.807) is 20.8 Å². The van der Waals surface area contributed by atoms with Crippen LogP contribution in [-0.2, 0) is 16.0 Å². The number of aromatic nitrogens is 1. The first-order valence-corrected chi connectivity index (χ1v) is 11.2. The summed E-state index contributed by atoms with van der Waals surface area (Å²) in [6.45, 7) is 6.21. The first kappa shape index (κ1) is 29.2. The van der Waals surface area contributed by atoms with Crippen molar-refractivity contribution in [2.75, 3.05) is 13.1 Å². The Morgan fingerprint density at radius 1 is 0.974 bits per heavy atom. The van der Waals surface area contributed by atoms with E-state index in [1.165, 1.54) is 30.3 Å². The van der Waals surface area contributed by atoms with E-state index in [2.05, 4.69) is 4.98 Å². The summed E-state index contributed by atoms with van der Waals surface area (Å²) in [4.78, 5) is 17.6. The van der Waals surface area contributed by atoms with Crippen LogP contribution >= 0.6 is 0 Å². The average Bonchev–Trinajstić information content (AvgIpc) is 2.78. The van der Waals surface area contributed by atoms with Crippen LogP contribution in [-0.4, -0.2) is 52.1 Å². The molecule has 2 heterocycles.